The highest BCUT2D eigenvalue weighted by molar-refractivity contribution is 5.60. The van der Waals surface area contributed by atoms with Gasteiger partial charge in [0.2, 0.25) is 0 Å². The van der Waals surface area contributed by atoms with Crippen molar-refractivity contribution in [2.24, 2.45) is 0 Å². The van der Waals surface area contributed by atoms with Gasteiger partial charge in [-0.05, 0) is 38.0 Å². The minimum atomic E-state index is -0.795. The van der Waals surface area contributed by atoms with Crippen LogP contribution in [-0.4, -0.2) is 17.0 Å². The molecule has 0 fully saturated rings. The van der Waals surface area contributed by atoms with E-state index in [0.717, 1.165) is 12.1 Å². The molecule has 0 amide bonds. The second-order valence-electron chi connectivity index (χ2n) is 11.6. The Morgan fingerprint density at radius 2 is 1.27 bits per heavy atom. The number of allylic oxidation sites excluding steroid dienone is 7. The molecule has 2 rings (SSSR count). The van der Waals surface area contributed by atoms with E-state index in [2.05, 4.69) is 42.4 Å². The van der Waals surface area contributed by atoms with Gasteiger partial charge in [0, 0.05) is 24.5 Å². The molecule has 0 unspecified atom stereocenters. The van der Waals surface area contributed by atoms with E-state index in [-0.39, 0.29) is 16.9 Å². The van der Waals surface area contributed by atoms with E-state index in [9.17, 15) is 15.8 Å². The molecule has 0 N–H and O–H groups in total. The summed E-state index contributed by atoms with van der Waals surface area (Å²) in [6, 6.07) is 5.75. The van der Waals surface area contributed by atoms with Crippen LogP contribution in [0.3, 0.4) is 0 Å². The van der Waals surface area contributed by atoms with Crippen molar-refractivity contribution in [3.8, 4) is 18.2 Å². The molecule has 2 aliphatic rings. The molecule has 0 spiro atoms. The zero-order valence-electron chi connectivity index (χ0n) is 25.8. The quantitative estimate of drug-likeness (QED) is 0.117. The van der Waals surface area contributed by atoms with Crippen molar-refractivity contribution in [1.29, 1.82) is 15.8 Å². The van der Waals surface area contributed by atoms with Crippen LogP contribution in [0.25, 0.3) is 0 Å². The van der Waals surface area contributed by atoms with E-state index < -0.39 is 5.60 Å². The lowest BCUT2D eigenvalue weighted by molar-refractivity contribution is 0.0954. The van der Waals surface area contributed by atoms with Crippen LogP contribution in [0.15, 0.2) is 70.8 Å². The fourth-order valence-corrected chi connectivity index (χ4v) is 5.31. The van der Waals surface area contributed by atoms with E-state index in [0.29, 0.717) is 5.57 Å². The Hall–Kier alpha value is -3.49. The minimum Gasteiger partial charge on any atom is -0.480 e. The molecule has 0 radical (unpaired) electrons. The monoisotopic (exact) mass is 554 g/mol. The van der Waals surface area contributed by atoms with Gasteiger partial charge in [-0.3, -0.25) is 0 Å². The highest BCUT2D eigenvalue weighted by atomic mass is 16.5. The Balaban J connectivity index is 1.60. The summed E-state index contributed by atoms with van der Waals surface area (Å²) < 4.78 is 5.80. The lowest BCUT2D eigenvalue weighted by Gasteiger charge is -2.20. The number of unbranched alkanes of at least 4 members (excludes halogenated alkanes) is 15. The SMILES string of the molecule is CCCCCCCCCCCCCCCCCCN1C=CC(=CC=CC2=C(C#N)C(=C(C#N)C#N)OC2(C)C)C=C1. The Labute approximate surface area is 249 Å². The van der Waals surface area contributed by atoms with Gasteiger partial charge in [0.05, 0.1) is 0 Å². The van der Waals surface area contributed by atoms with E-state index in [1.807, 2.05) is 44.2 Å². The molecule has 2 aliphatic heterocycles. The minimum absolute atomic E-state index is 0.0667. The molecular weight excluding hydrogens is 504 g/mol. The normalized spacial score (nSPS) is 15.7. The van der Waals surface area contributed by atoms with Crippen molar-refractivity contribution >= 4 is 0 Å². The number of rotatable bonds is 19. The van der Waals surface area contributed by atoms with Crippen molar-refractivity contribution in [3.63, 3.8) is 0 Å². The van der Waals surface area contributed by atoms with Gasteiger partial charge in [-0.25, -0.2) is 0 Å². The Morgan fingerprint density at radius 1 is 0.780 bits per heavy atom. The third-order valence-corrected chi connectivity index (χ3v) is 7.80. The average molecular weight is 555 g/mol. The van der Waals surface area contributed by atoms with Crippen LogP contribution < -0.4 is 0 Å². The van der Waals surface area contributed by atoms with E-state index in [1.165, 1.54) is 103 Å². The van der Waals surface area contributed by atoms with E-state index >= 15 is 0 Å². The van der Waals surface area contributed by atoms with Crippen molar-refractivity contribution in [2.75, 3.05) is 6.54 Å². The molecule has 0 aromatic carbocycles. The van der Waals surface area contributed by atoms with Crippen LogP contribution in [-0.2, 0) is 4.74 Å². The molecule has 0 saturated carbocycles. The summed E-state index contributed by atoms with van der Waals surface area (Å²) in [6.45, 7) is 6.97. The second kappa shape index (κ2) is 19.6. The molecule has 0 saturated heterocycles. The Morgan fingerprint density at radius 3 is 1.73 bits per heavy atom. The standard InChI is InChI=1S/C36H50N4O/c1-4-5-6-7-8-9-10-11-12-13-14-15-16-17-18-19-25-40-26-23-31(24-27-40)21-20-22-34-33(30-39)35(32(28-37)29-38)41-36(34,2)3/h20-24,26-27H,4-19,25H2,1-3H3. The Kier molecular flexibility index (Phi) is 16.1. The topological polar surface area (TPSA) is 83.8 Å². The number of hydrogen-bond acceptors (Lipinski definition) is 5. The number of hydrogen-bond donors (Lipinski definition) is 0. The number of ether oxygens (including phenoxy) is 1. The zero-order chi connectivity index (χ0) is 29.8. The van der Waals surface area contributed by atoms with Crippen molar-refractivity contribution in [1.82, 2.24) is 4.90 Å². The molecule has 2 heterocycles. The van der Waals surface area contributed by atoms with Gasteiger partial charge < -0.3 is 9.64 Å². The first-order valence-electron chi connectivity index (χ1n) is 15.9. The van der Waals surface area contributed by atoms with Gasteiger partial charge >= 0.3 is 0 Å². The molecular formula is C36H50N4O. The molecule has 0 bridgehead atoms. The van der Waals surface area contributed by atoms with Gasteiger partial charge in [0.1, 0.15) is 29.4 Å². The van der Waals surface area contributed by atoms with E-state index in [4.69, 9.17) is 4.74 Å². The summed E-state index contributed by atoms with van der Waals surface area (Å²) in [5.41, 5.74) is 0.979. The molecule has 0 aromatic rings. The first kappa shape index (κ1) is 33.7. The summed E-state index contributed by atoms with van der Waals surface area (Å²) in [5, 5.41) is 28.1. The summed E-state index contributed by atoms with van der Waals surface area (Å²) in [4.78, 5) is 2.23. The van der Waals surface area contributed by atoms with Crippen LogP contribution in [0.1, 0.15) is 124 Å². The van der Waals surface area contributed by atoms with E-state index in [1.54, 1.807) is 0 Å². The number of nitriles is 3. The third kappa shape index (κ3) is 12.3. The van der Waals surface area contributed by atoms with Crippen molar-refractivity contribution < 1.29 is 4.74 Å². The van der Waals surface area contributed by atoms with Crippen LogP contribution >= 0.6 is 0 Å². The lowest BCUT2D eigenvalue weighted by Crippen LogP contribution is -2.20. The average Bonchev–Trinajstić information content (AvgIpc) is 3.23. The maximum atomic E-state index is 9.65. The van der Waals surface area contributed by atoms with Gasteiger partial charge in [-0.1, -0.05) is 121 Å². The van der Waals surface area contributed by atoms with Gasteiger partial charge in [-0.15, -0.1) is 0 Å². The maximum absolute atomic E-state index is 9.65. The summed E-state index contributed by atoms with van der Waals surface area (Å²) in [6.07, 6.45) is 36.2. The van der Waals surface area contributed by atoms with Gasteiger partial charge in [0.25, 0.3) is 0 Å². The summed E-state index contributed by atoms with van der Waals surface area (Å²) in [5.74, 6) is 0.0667. The fraction of sp³-hybridized carbons (Fsp3) is 0.583. The third-order valence-electron chi connectivity index (χ3n) is 7.80. The van der Waals surface area contributed by atoms with Gasteiger partial charge in [0.15, 0.2) is 11.3 Å². The molecule has 5 nitrogen and oxygen atoms in total. The van der Waals surface area contributed by atoms with Crippen LogP contribution in [0.2, 0.25) is 0 Å². The van der Waals surface area contributed by atoms with Crippen LogP contribution in [0.5, 0.6) is 0 Å². The zero-order valence-corrected chi connectivity index (χ0v) is 25.8. The lowest BCUT2D eigenvalue weighted by atomic mass is 9.94. The predicted molar refractivity (Wildman–Crippen MR) is 168 cm³/mol. The molecule has 41 heavy (non-hydrogen) atoms. The van der Waals surface area contributed by atoms with Crippen LogP contribution in [0.4, 0.5) is 0 Å². The fourth-order valence-electron chi connectivity index (χ4n) is 5.31. The first-order chi connectivity index (χ1) is 20.0. The van der Waals surface area contributed by atoms with Crippen molar-refractivity contribution in [3.05, 3.63) is 70.8 Å². The van der Waals surface area contributed by atoms with Gasteiger partial charge in [-0.2, -0.15) is 15.8 Å². The smallest absolute Gasteiger partial charge is 0.172 e. The molecule has 0 atom stereocenters. The molecule has 220 valence electrons. The van der Waals surface area contributed by atoms with Crippen molar-refractivity contribution in [2.45, 2.75) is 129 Å². The summed E-state index contributed by atoms with van der Waals surface area (Å²) in [7, 11) is 0. The second-order valence-corrected chi connectivity index (χ2v) is 11.6. The molecule has 0 aliphatic carbocycles. The largest absolute Gasteiger partial charge is 0.480 e. The predicted octanol–water partition coefficient (Wildman–Crippen LogP) is 10.0. The summed E-state index contributed by atoms with van der Waals surface area (Å²) >= 11 is 0. The highest BCUT2D eigenvalue weighted by Gasteiger charge is 2.38. The molecule has 0 aromatic heterocycles. The number of nitrogens with zero attached hydrogens (tertiary/aromatic N) is 4. The maximum Gasteiger partial charge on any atom is 0.172 e. The first-order valence-corrected chi connectivity index (χ1v) is 15.9. The Bertz CT molecular complexity index is 1100. The van der Waals surface area contributed by atoms with Crippen LogP contribution in [0, 0.1) is 34.0 Å². The molecule has 5 heteroatoms. The highest BCUT2D eigenvalue weighted by Crippen LogP contribution is 2.40.